The number of halogens is 3. The van der Waals surface area contributed by atoms with E-state index in [1.807, 2.05) is 37.8 Å². The molecule has 1 saturated heterocycles. The van der Waals surface area contributed by atoms with Crippen LogP contribution in [0, 0.1) is 11.2 Å². The summed E-state index contributed by atoms with van der Waals surface area (Å²) in [5.74, 6) is -0.168. The Morgan fingerprint density at radius 3 is 2.28 bits per heavy atom. The molecular formula is C18H30Cl2FN3O. The van der Waals surface area contributed by atoms with Gasteiger partial charge in [0.25, 0.3) is 0 Å². The number of hydrogen-bond acceptors (Lipinski definition) is 3. The first-order valence-electron chi connectivity index (χ1n) is 8.28. The summed E-state index contributed by atoms with van der Waals surface area (Å²) < 4.78 is 13.0. The third-order valence-corrected chi connectivity index (χ3v) is 4.42. The van der Waals surface area contributed by atoms with Gasteiger partial charge in [0.15, 0.2) is 0 Å². The van der Waals surface area contributed by atoms with Gasteiger partial charge in [0.1, 0.15) is 5.82 Å². The highest BCUT2D eigenvalue weighted by molar-refractivity contribution is 5.85. The second-order valence-corrected chi connectivity index (χ2v) is 7.43. The Hall–Kier alpha value is -0.880. The Kier molecular flexibility index (Phi) is 9.95. The third-order valence-electron chi connectivity index (χ3n) is 4.42. The summed E-state index contributed by atoms with van der Waals surface area (Å²) >= 11 is 0. The number of nitrogens with zero attached hydrogens (tertiary/aromatic N) is 2. The van der Waals surface area contributed by atoms with Gasteiger partial charge in [-0.3, -0.25) is 9.69 Å². The number of benzene rings is 1. The SMILES string of the molecule is CC(C)(C)[C@H](N)C(=O)N1CCCN(Cc2ccc(F)cc2)CC1.Cl.Cl. The van der Waals surface area contributed by atoms with Crippen LogP contribution in [0.15, 0.2) is 24.3 Å². The molecule has 0 aliphatic carbocycles. The molecule has 1 amide bonds. The van der Waals surface area contributed by atoms with E-state index in [-0.39, 0.29) is 42.0 Å². The van der Waals surface area contributed by atoms with Crippen LogP contribution in [0.25, 0.3) is 0 Å². The Morgan fingerprint density at radius 1 is 1.12 bits per heavy atom. The van der Waals surface area contributed by atoms with Crippen LogP contribution in [0.5, 0.6) is 0 Å². The van der Waals surface area contributed by atoms with Gasteiger partial charge in [0.05, 0.1) is 6.04 Å². The van der Waals surface area contributed by atoms with E-state index < -0.39 is 6.04 Å². The van der Waals surface area contributed by atoms with E-state index in [0.717, 1.165) is 38.2 Å². The molecular weight excluding hydrogens is 364 g/mol. The van der Waals surface area contributed by atoms with E-state index in [2.05, 4.69) is 4.90 Å². The van der Waals surface area contributed by atoms with Gasteiger partial charge in [-0.05, 0) is 29.5 Å². The van der Waals surface area contributed by atoms with Crippen LogP contribution in [0.3, 0.4) is 0 Å². The minimum atomic E-state index is -0.467. The largest absolute Gasteiger partial charge is 0.340 e. The van der Waals surface area contributed by atoms with Crippen molar-refractivity contribution >= 4 is 30.7 Å². The molecule has 1 aliphatic rings. The molecule has 1 aromatic rings. The Bertz CT molecular complexity index is 534. The van der Waals surface area contributed by atoms with Gasteiger partial charge in [0, 0.05) is 32.7 Å². The number of amides is 1. The van der Waals surface area contributed by atoms with Gasteiger partial charge in [0.2, 0.25) is 5.91 Å². The van der Waals surface area contributed by atoms with Crippen molar-refractivity contribution in [3.63, 3.8) is 0 Å². The van der Waals surface area contributed by atoms with Crippen LogP contribution in [-0.4, -0.2) is 47.9 Å². The summed E-state index contributed by atoms with van der Waals surface area (Å²) in [5.41, 5.74) is 6.98. The molecule has 0 aromatic heterocycles. The summed E-state index contributed by atoms with van der Waals surface area (Å²) in [7, 11) is 0. The fourth-order valence-electron chi connectivity index (χ4n) is 2.76. The van der Waals surface area contributed by atoms with Crippen molar-refractivity contribution in [2.45, 2.75) is 39.8 Å². The lowest BCUT2D eigenvalue weighted by molar-refractivity contribution is -0.134. The quantitative estimate of drug-likeness (QED) is 0.857. The standard InChI is InChI=1S/C18H28FN3O.2ClH/c1-18(2,3)16(20)17(23)22-10-4-9-21(11-12-22)13-14-5-7-15(19)8-6-14;;/h5-8,16H,4,9-13,20H2,1-3H3;2*1H/t16-;;/m1../s1. The average molecular weight is 394 g/mol. The van der Waals surface area contributed by atoms with E-state index in [0.29, 0.717) is 6.54 Å². The van der Waals surface area contributed by atoms with Gasteiger partial charge in [-0.15, -0.1) is 24.8 Å². The number of nitrogens with two attached hydrogens (primary N) is 1. The topological polar surface area (TPSA) is 49.6 Å². The average Bonchev–Trinajstić information content (AvgIpc) is 2.73. The van der Waals surface area contributed by atoms with Gasteiger partial charge < -0.3 is 10.6 Å². The number of carbonyl (C=O) groups excluding carboxylic acids is 1. The molecule has 7 heteroatoms. The first-order valence-corrected chi connectivity index (χ1v) is 8.28. The predicted octanol–water partition coefficient (Wildman–Crippen LogP) is 3.08. The number of hydrogen-bond donors (Lipinski definition) is 1. The summed E-state index contributed by atoms with van der Waals surface area (Å²) in [6, 6.07) is 6.15. The summed E-state index contributed by atoms with van der Waals surface area (Å²) in [6.45, 7) is 9.97. The van der Waals surface area contributed by atoms with Gasteiger partial charge >= 0.3 is 0 Å². The predicted molar refractivity (Wildman–Crippen MR) is 105 cm³/mol. The van der Waals surface area contributed by atoms with Gasteiger partial charge in [-0.1, -0.05) is 32.9 Å². The number of carbonyl (C=O) groups is 1. The molecule has 1 heterocycles. The molecule has 1 aliphatic heterocycles. The van der Waals surface area contributed by atoms with Crippen LogP contribution < -0.4 is 5.73 Å². The lowest BCUT2D eigenvalue weighted by Crippen LogP contribution is -2.51. The molecule has 1 atom stereocenters. The lowest BCUT2D eigenvalue weighted by atomic mass is 9.86. The lowest BCUT2D eigenvalue weighted by Gasteiger charge is -2.31. The van der Waals surface area contributed by atoms with Crippen molar-refractivity contribution in [3.8, 4) is 0 Å². The van der Waals surface area contributed by atoms with E-state index in [1.165, 1.54) is 12.1 Å². The van der Waals surface area contributed by atoms with Gasteiger partial charge in [-0.2, -0.15) is 0 Å². The fraction of sp³-hybridized carbons (Fsp3) is 0.611. The molecule has 0 radical (unpaired) electrons. The maximum Gasteiger partial charge on any atom is 0.240 e. The fourth-order valence-corrected chi connectivity index (χ4v) is 2.76. The molecule has 0 saturated carbocycles. The van der Waals surface area contributed by atoms with E-state index in [9.17, 15) is 9.18 Å². The van der Waals surface area contributed by atoms with Crippen molar-refractivity contribution in [1.82, 2.24) is 9.80 Å². The summed E-state index contributed by atoms with van der Waals surface area (Å²) in [4.78, 5) is 16.7. The Morgan fingerprint density at radius 2 is 1.72 bits per heavy atom. The molecule has 1 aromatic carbocycles. The first-order chi connectivity index (χ1) is 10.8. The first kappa shape index (κ1) is 24.1. The minimum Gasteiger partial charge on any atom is -0.340 e. The molecule has 1 fully saturated rings. The van der Waals surface area contributed by atoms with Crippen LogP contribution in [0.4, 0.5) is 4.39 Å². The molecule has 2 N–H and O–H groups in total. The highest BCUT2D eigenvalue weighted by atomic mass is 35.5. The van der Waals surface area contributed by atoms with E-state index in [4.69, 9.17) is 5.73 Å². The zero-order chi connectivity index (χ0) is 17.0. The van der Waals surface area contributed by atoms with Crippen LogP contribution >= 0.6 is 24.8 Å². The molecule has 0 bridgehead atoms. The zero-order valence-electron chi connectivity index (χ0n) is 15.2. The zero-order valence-corrected chi connectivity index (χ0v) is 16.8. The van der Waals surface area contributed by atoms with E-state index in [1.54, 1.807) is 0 Å². The van der Waals surface area contributed by atoms with E-state index >= 15 is 0 Å². The monoisotopic (exact) mass is 393 g/mol. The van der Waals surface area contributed by atoms with Crippen molar-refractivity contribution in [2.75, 3.05) is 26.2 Å². The second-order valence-electron chi connectivity index (χ2n) is 7.43. The van der Waals surface area contributed by atoms with Gasteiger partial charge in [-0.25, -0.2) is 4.39 Å². The Balaban J connectivity index is 0.00000288. The van der Waals surface area contributed by atoms with Crippen LogP contribution in [-0.2, 0) is 11.3 Å². The highest BCUT2D eigenvalue weighted by Gasteiger charge is 2.31. The Labute approximate surface area is 162 Å². The molecule has 2 rings (SSSR count). The highest BCUT2D eigenvalue weighted by Crippen LogP contribution is 2.20. The molecule has 4 nitrogen and oxygen atoms in total. The molecule has 0 unspecified atom stereocenters. The van der Waals surface area contributed by atoms with Crippen molar-refractivity contribution < 1.29 is 9.18 Å². The van der Waals surface area contributed by atoms with Crippen LogP contribution in [0.1, 0.15) is 32.8 Å². The molecule has 25 heavy (non-hydrogen) atoms. The summed E-state index contributed by atoms with van der Waals surface area (Å²) in [5, 5.41) is 0. The maximum absolute atomic E-state index is 13.0. The smallest absolute Gasteiger partial charge is 0.240 e. The normalized spacial score (nSPS) is 17.1. The third kappa shape index (κ3) is 7.10. The maximum atomic E-state index is 13.0. The van der Waals surface area contributed by atoms with Crippen LogP contribution in [0.2, 0.25) is 0 Å². The van der Waals surface area contributed by atoms with Crippen molar-refractivity contribution in [1.29, 1.82) is 0 Å². The second kappa shape index (κ2) is 10.3. The minimum absolute atomic E-state index is 0. The molecule has 144 valence electrons. The van der Waals surface area contributed by atoms with Crippen molar-refractivity contribution in [2.24, 2.45) is 11.1 Å². The summed E-state index contributed by atoms with van der Waals surface area (Å²) in [6.07, 6.45) is 0.934. The number of rotatable bonds is 3. The molecule has 0 spiro atoms. The van der Waals surface area contributed by atoms with Crippen molar-refractivity contribution in [3.05, 3.63) is 35.6 Å².